The highest BCUT2D eigenvalue weighted by Gasteiger charge is 2.37. The number of benzene rings is 1. The molecule has 1 aliphatic carbocycles. The van der Waals surface area contributed by atoms with Crippen molar-refractivity contribution in [3.8, 4) is 0 Å². The average Bonchev–Trinajstić information content (AvgIpc) is 2.93. The number of nitrogens with zero attached hydrogens (tertiary/aromatic N) is 2. The van der Waals surface area contributed by atoms with Crippen LogP contribution in [0.4, 0.5) is 0 Å². The Balaban J connectivity index is 1.83. The number of carbonyl (C=O) groups excluding carboxylic acids is 1. The Morgan fingerprint density at radius 2 is 1.74 bits per heavy atom. The lowest BCUT2D eigenvalue weighted by Crippen LogP contribution is -2.57. The van der Waals surface area contributed by atoms with Gasteiger partial charge in [-0.2, -0.15) is 4.31 Å². The van der Waals surface area contributed by atoms with Crippen molar-refractivity contribution in [2.45, 2.75) is 50.5 Å². The van der Waals surface area contributed by atoms with E-state index in [9.17, 15) is 13.2 Å². The van der Waals surface area contributed by atoms with Gasteiger partial charge in [0, 0.05) is 18.6 Å². The van der Waals surface area contributed by atoms with Crippen molar-refractivity contribution in [1.29, 1.82) is 0 Å². The van der Waals surface area contributed by atoms with Gasteiger partial charge in [0.25, 0.3) is 0 Å². The quantitative estimate of drug-likeness (QED) is 0.827. The number of carbonyl (C=O) groups is 1. The molecule has 0 saturated carbocycles. The minimum absolute atomic E-state index is 0.0727. The van der Waals surface area contributed by atoms with E-state index in [1.807, 2.05) is 26.8 Å². The number of amides is 1. The molecule has 3 rings (SSSR count). The van der Waals surface area contributed by atoms with E-state index in [2.05, 4.69) is 0 Å². The first kappa shape index (κ1) is 16.5. The molecule has 6 heteroatoms. The highest BCUT2D eigenvalue weighted by molar-refractivity contribution is 7.89. The number of hydrogen-bond acceptors (Lipinski definition) is 3. The third-order valence-electron chi connectivity index (χ3n) is 4.70. The number of rotatable bonds is 2. The maximum absolute atomic E-state index is 12.8. The molecule has 1 heterocycles. The van der Waals surface area contributed by atoms with E-state index in [1.54, 1.807) is 17.0 Å². The predicted octanol–water partition coefficient (Wildman–Crippen LogP) is 1.81. The lowest BCUT2D eigenvalue weighted by atomic mass is 10.1. The zero-order chi connectivity index (χ0) is 16.8. The van der Waals surface area contributed by atoms with E-state index in [4.69, 9.17) is 0 Å². The molecule has 0 spiro atoms. The molecule has 0 unspecified atom stereocenters. The second-order valence-electron chi connectivity index (χ2n) is 7.34. The molecule has 0 aromatic heterocycles. The van der Waals surface area contributed by atoms with E-state index in [1.165, 1.54) is 9.87 Å². The van der Waals surface area contributed by atoms with Gasteiger partial charge in [0.15, 0.2) is 0 Å². The van der Waals surface area contributed by atoms with Gasteiger partial charge in [0.1, 0.15) is 0 Å². The summed E-state index contributed by atoms with van der Waals surface area (Å²) in [5, 5.41) is 0. The fourth-order valence-electron chi connectivity index (χ4n) is 3.42. The first-order valence-corrected chi connectivity index (χ1v) is 9.56. The summed E-state index contributed by atoms with van der Waals surface area (Å²) in [6, 6.07) is 5.39. The summed E-state index contributed by atoms with van der Waals surface area (Å²) in [5.41, 5.74) is 2.10. The third-order valence-corrected chi connectivity index (χ3v) is 6.54. The molecule has 126 valence electrons. The minimum Gasteiger partial charge on any atom is -0.335 e. The Bertz CT molecular complexity index is 735. The molecule has 23 heavy (non-hydrogen) atoms. The Kier molecular flexibility index (Phi) is 4.01. The van der Waals surface area contributed by atoms with Gasteiger partial charge >= 0.3 is 0 Å². The second-order valence-corrected chi connectivity index (χ2v) is 9.28. The number of hydrogen-bond donors (Lipinski definition) is 0. The van der Waals surface area contributed by atoms with Crippen LogP contribution in [0, 0.1) is 0 Å². The van der Waals surface area contributed by atoms with E-state index in [0.717, 1.165) is 24.8 Å². The lowest BCUT2D eigenvalue weighted by Gasteiger charge is -2.41. The van der Waals surface area contributed by atoms with Crippen molar-refractivity contribution < 1.29 is 13.2 Å². The van der Waals surface area contributed by atoms with Crippen molar-refractivity contribution in [2.24, 2.45) is 0 Å². The topological polar surface area (TPSA) is 57.7 Å². The molecule has 1 aliphatic heterocycles. The molecule has 1 fully saturated rings. The third kappa shape index (κ3) is 3.02. The SMILES string of the molecule is CC(C)(C)N1CCN(S(=O)(=O)c2ccc3c(c2)CCC3)CC1=O. The summed E-state index contributed by atoms with van der Waals surface area (Å²) in [6.45, 7) is 6.62. The number of aryl methyl sites for hydroxylation is 2. The lowest BCUT2D eigenvalue weighted by molar-refractivity contribution is -0.139. The summed E-state index contributed by atoms with van der Waals surface area (Å²) in [7, 11) is -3.60. The highest BCUT2D eigenvalue weighted by Crippen LogP contribution is 2.27. The van der Waals surface area contributed by atoms with Gasteiger partial charge in [0.2, 0.25) is 15.9 Å². The van der Waals surface area contributed by atoms with E-state index >= 15 is 0 Å². The number of fused-ring (bicyclic) bond motifs is 1. The van der Waals surface area contributed by atoms with Crippen molar-refractivity contribution >= 4 is 15.9 Å². The first-order chi connectivity index (χ1) is 10.7. The first-order valence-electron chi connectivity index (χ1n) is 8.12. The fraction of sp³-hybridized carbons (Fsp3) is 0.588. The molecule has 5 nitrogen and oxygen atoms in total. The fourth-order valence-corrected chi connectivity index (χ4v) is 4.86. The van der Waals surface area contributed by atoms with Crippen LogP contribution in [0.3, 0.4) is 0 Å². The monoisotopic (exact) mass is 336 g/mol. The maximum Gasteiger partial charge on any atom is 0.243 e. The zero-order valence-electron chi connectivity index (χ0n) is 14.0. The van der Waals surface area contributed by atoms with Crippen LogP contribution in [0.25, 0.3) is 0 Å². The van der Waals surface area contributed by atoms with Gasteiger partial charge < -0.3 is 4.90 Å². The molecule has 2 aliphatic rings. The van der Waals surface area contributed by atoms with Gasteiger partial charge in [-0.25, -0.2) is 8.42 Å². The molecule has 1 saturated heterocycles. The van der Waals surface area contributed by atoms with Gasteiger partial charge in [0.05, 0.1) is 11.4 Å². The standard InChI is InChI=1S/C17H24N2O3S/c1-17(2,3)19-10-9-18(12-16(19)20)23(21,22)15-8-7-13-5-4-6-14(13)11-15/h7-8,11H,4-6,9-10,12H2,1-3H3. The Labute approximate surface area is 138 Å². The average molecular weight is 336 g/mol. The van der Waals surface area contributed by atoms with E-state index < -0.39 is 10.0 Å². The summed E-state index contributed by atoms with van der Waals surface area (Å²) in [6.07, 6.45) is 3.05. The largest absolute Gasteiger partial charge is 0.335 e. The van der Waals surface area contributed by atoms with E-state index in [0.29, 0.717) is 18.0 Å². The van der Waals surface area contributed by atoms with Crippen LogP contribution in [-0.4, -0.2) is 48.7 Å². The molecule has 1 aromatic rings. The summed E-state index contributed by atoms with van der Waals surface area (Å²) in [4.78, 5) is 14.4. The van der Waals surface area contributed by atoms with E-state index in [-0.39, 0.29) is 18.0 Å². The Morgan fingerprint density at radius 3 is 2.39 bits per heavy atom. The van der Waals surface area contributed by atoms with Gasteiger partial charge in [-0.05, 0) is 63.3 Å². The summed E-state index contributed by atoms with van der Waals surface area (Å²) < 4.78 is 27.0. The molecule has 0 radical (unpaired) electrons. The predicted molar refractivity (Wildman–Crippen MR) is 88.7 cm³/mol. The maximum atomic E-state index is 12.8. The molecular weight excluding hydrogens is 312 g/mol. The van der Waals surface area contributed by atoms with Crippen LogP contribution in [-0.2, 0) is 27.7 Å². The van der Waals surface area contributed by atoms with Crippen LogP contribution < -0.4 is 0 Å². The summed E-state index contributed by atoms with van der Waals surface area (Å²) >= 11 is 0. The van der Waals surface area contributed by atoms with Crippen LogP contribution in [0.2, 0.25) is 0 Å². The van der Waals surface area contributed by atoms with Crippen LogP contribution >= 0.6 is 0 Å². The van der Waals surface area contributed by atoms with Crippen LogP contribution in [0.1, 0.15) is 38.3 Å². The smallest absolute Gasteiger partial charge is 0.243 e. The van der Waals surface area contributed by atoms with Gasteiger partial charge in [-0.15, -0.1) is 0 Å². The molecular formula is C17H24N2O3S. The highest BCUT2D eigenvalue weighted by atomic mass is 32.2. The van der Waals surface area contributed by atoms with Crippen LogP contribution in [0.15, 0.2) is 23.1 Å². The Morgan fingerprint density at radius 1 is 1.04 bits per heavy atom. The van der Waals surface area contributed by atoms with Gasteiger partial charge in [-0.1, -0.05) is 6.07 Å². The van der Waals surface area contributed by atoms with Crippen molar-refractivity contribution in [3.05, 3.63) is 29.3 Å². The second kappa shape index (κ2) is 5.60. The zero-order valence-corrected chi connectivity index (χ0v) is 14.8. The number of sulfonamides is 1. The summed E-state index contributed by atoms with van der Waals surface area (Å²) in [5.74, 6) is -0.131. The molecule has 0 atom stereocenters. The molecule has 1 amide bonds. The van der Waals surface area contributed by atoms with Crippen LogP contribution in [0.5, 0.6) is 0 Å². The van der Waals surface area contributed by atoms with Crippen molar-refractivity contribution in [2.75, 3.05) is 19.6 Å². The normalized spacial score (nSPS) is 20.0. The molecule has 0 bridgehead atoms. The van der Waals surface area contributed by atoms with Gasteiger partial charge in [-0.3, -0.25) is 4.79 Å². The Hall–Kier alpha value is -1.40. The van der Waals surface area contributed by atoms with Crippen molar-refractivity contribution in [1.82, 2.24) is 9.21 Å². The minimum atomic E-state index is -3.60. The molecule has 0 N–H and O–H groups in total. The van der Waals surface area contributed by atoms with Crippen molar-refractivity contribution in [3.63, 3.8) is 0 Å². The molecule has 1 aromatic carbocycles. The number of piperazine rings is 1.